The van der Waals surface area contributed by atoms with Gasteiger partial charge in [0, 0.05) is 5.56 Å². The monoisotopic (exact) mass is 383 g/mol. The van der Waals surface area contributed by atoms with Crippen LogP contribution in [-0.4, -0.2) is 14.8 Å². The van der Waals surface area contributed by atoms with Crippen LogP contribution >= 0.6 is 47.8 Å². The molecule has 0 unspecified atom stereocenters. The van der Waals surface area contributed by atoms with E-state index in [-0.39, 0.29) is 0 Å². The molecule has 0 aliphatic carbocycles. The van der Waals surface area contributed by atoms with Crippen molar-refractivity contribution in [3.05, 3.63) is 32.0 Å². The Labute approximate surface area is 105 Å². The largest absolute Gasteiger partial charge is 0.457 e. The van der Waals surface area contributed by atoms with E-state index in [1.807, 2.05) is 6.07 Å². The Hall–Kier alpha value is -0.140. The first-order chi connectivity index (χ1) is 6.65. The molecule has 0 spiro atoms. The fourth-order valence-corrected chi connectivity index (χ4v) is 2.36. The van der Waals surface area contributed by atoms with Gasteiger partial charge in [-0.05, 0) is 53.9 Å². The molecule has 0 saturated carbocycles. The smallest absolute Gasteiger partial charge is 0.218 e. The second-order valence-corrected chi connectivity index (χ2v) is 4.77. The van der Waals surface area contributed by atoms with Crippen LogP contribution in [0.5, 0.6) is 0 Å². The Morgan fingerprint density at radius 1 is 1.36 bits per heavy atom. The highest BCUT2D eigenvalue weighted by Crippen LogP contribution is 2.17. The van der Waals surface area contributed by atoms with Gasteiger partial charge < -0.3 is 4.42 Å². The predicted octanol–water partition coefficient (Wildman–Crippen LogP) is 3.21. The molecule has 0 amide bonds. The Balaban J connectivity index is 2.22. The first-order valence-corrected chi connectivity index (χ1v) is 6.02. The summed E-state index contributed by atoms with van der Waals surface area (Å²) in [6.07, 6.45) is 1.67. The van der Waals surface area contributed by atoms with Gasteiger partial charge >= 0.3 is 0 Å². The van der Waals surface area contributed by atoms with Gasteiger partial charge in [-0.2, -0.15) is 4.98 Å². The number of halogens is 3. The molecule has 0 aliphatic heterocycles. The van der Waals surface area contributed by atoms with Crippen LogP contribution in [0.3, 0.4) is 0 Å². The van der Waals surface area contributed by atoms with Gasteiger partial charge in [-0.1, -0.05) is 0 Å². The van der Waals surface area contributed by atoms with Crippen LogP contribution in [0.4, 0.5) is 0 Å². The maximum Gasteiger partial charge on any atom is 0.218 e. The normalized spacial score (nSPS) is 10.8. The van der Waals surface area contributed by atoms with Crippen molar-refractivity contribution in [3.63, 3.8) is 0 Å². The first-order valence-electron chi connectivity index (χ1n) is 3.64. The minimum Gasteiger partial charge on any atom is -0.457 e. The SMILES string of the molecule is Brc1nc(Br)n(Cc2coc(Br)c2)n1. The number of furan rings is 1. The Kier molecular flexibility index (Phi) is 3.08. The molecule has 0 bridgehead atoms. The van der Waals surface area contributed by atoms with Crippen LogP contribution in [0.2, 0.25) is 0 Å². The zero-order valence-electron chi connectivity index (χ0n) is 6.75. The second-order valence-electron chi connectivity index (χ2n) is 2.57. The van der Waals surface area contributed by atoms with Crippen LogP contribution in [0, 0.1) is 0 Å². The lowest BCUT2D eigenvalue weighted by molar-refractivity contribution is 0.535. The molecule has 0 atom stereocenters. The Bertz CT molecular complexity index is 451. The highest BCUT2D eigenvalue weighted by molar-refractivity contribution is 9.11. The molecular weight excluding hydrogens is 382 g/mol. The molecule has 0 saturated heterocycles. The second kappa shape index (κ2) is 4.16. The number of hydrogen-bond donors (Lipinski definition) is 0. The summed E-state index contributed by atoms with van der Waals surface area (Å²) in [7, 11) is 0. The summed E-state index contributed by atoms with van der Waals surface area (Å²) in [5.41, 5.74) is 1.02. The average molecular weight is 386 g/mol. The van der Waals surface area contributed by atoms with Gasteiger partial charge in [0.1, 0.15) is 0 Å². The lowest BCUT2D eigenvalue weighted by Crippen LogP contribution is -2.00. The minimum absolute atomic E-state index is 0.562. The van der Waals surface area contributed by atoms with Crippen LogP contribution < -0.4 is 0 Å². The van der Waals surface area contributed by atoms with Gasteiger partial charge in [-0.15, -0.1) is 5.10 Å². The quantitative estimate of drug-likeness (QED) is 0.797. The standard InChI is InChI=1S/C7H4Br3N3O/c8-5-1-4(3-14-5)2-13-7(10)11-6(9)12-13/h1,3H,2H2. The van der Waals surface area contributed by atoms with E-state index in [0.29, 0.717) is 20.7 Å². The van der Waals surface area contributed by atoms with E-state index >= 15 is 0 Å². The number of rotatable bonds is 2. The van der Waals surface area contributed by atoms with E-state index < -0.39 is 0 Å². The van der Waals surface area contributed by atoms with Gasteiger partial charge in [0.05, 0.1) is 12.8 Å². The van der Waals surface area contributed by atoms with Gasteiger partial charge in [-0.25, -0.2) is 4.68 Å². The molecule has 7 heteroatoms. The van der Waals surface area contributed by atoms with Crippen molar-refractivity contribution in [2.24, 2.45) is 0 Å². The first kappa shape index (κ1) is 10.4. The van der Waals surface area contributed by atoms with E-state index in [4.69, 9.17) is 4.42 Å². The van der Waals surface area contributed by atoms with E-state index in [1.165, 1.54) is 0 Å². The highest BCUT2D eigenvalue weighted by atomic mass is 79.9. The molecular formula is C7H4Br3N3O. The third-order valence-electron chi connectivity index (χ3n) is 1.55. The third kappa shape index (κ3) is 2.26. The van der Waals surface area contributed by atoms with E-state index in [1.54, 1.807) is 10.9 Å². The Morgan fingerprint density at radius 2 is 2.14 bits per heavy atom. The van der Waals surface area contributed by atoms with E-state index in [2.05, 4.69) is 57.9 Å². The summed E-state index contributed by atoms with van der Waals surface area (Å²) in [6, 6.07) is 1.89. The van der Waals surface area contributed by atoms with E-state index in [0.717, 1.165) is 5.56 Å². The lowest BCUT2D eigenvalue weighted by Gasteiger charge is -1.97. The fraction of sp³-hybridized carbons (Fsp3) is 0.143. The van der Waals surface area contributed by atoms with Crippen molar-refractivity contribution in [3.8, 4) is 0 Å². The van der Waals surface area contributed by atoms with Crippen molar-refractivity contribution in [2.45, 2.75) is 6.54 Å². The van der Waals surface area contributed by atoms with Gasteiger partial charge in [0.2, 0.25) is 4.73 Å². The molecule has 2 heterocycles. The molecule has 74 valence electrons. The lowest BCUT2D eigenvalue weighted by atomic mass is 10.3. The molecule has 2 aromatic rings. The van der Waals surface area contributed by atoms with Crippen molar-refractivity contribution in [2.75, 3.05) is 0 Å². The molecule has 0 aliphatic rings. The highest BCUT2D eigenvalue weighted by Gasteiger charge is 2.07. The van der Waals surface area contributed by atoms with Crippen molar-refractivity contribution in [1.29, 1.82) is 0 Å². The van der Waals surface area contributed by atoms with Crippen LogP contribution in [0.1, 0.15) is 5.56 Å². The van der Waals surface area contributed by atoms with Crippen LogP contribution in [0.15, 0.2) is 30.9 Å². The van der Waals surface area contributed by atoms with Gasteiger partial charge in [0.15, 0.2) is 9.40 Å². The molecule has 0 aromatic carbocycles. The molecule has 14 heavy (non-hydrogen) atoms. The molecule has 4 nitrogen and oxygen atoms in total. The predicted molar refractivity (Wildman–Crippen MR) is 60.9 cm³/mol. The van der Waals surface area contributed by atoms with E-state index in [9.17, 15) is 0 Å². The fourth-order valence-electron chi connectivity index (χ4n) is 0.999. The zero-order chi connectivity index (χ0) is 10.1. The van der Waals surface area contributed by atoms with Gasteiger partial charge in [-0.3, -0.25) is 0 Å². The summed E-state index contributed by atoms with van der Waals surface area (Å²) < 4.78 is 8.79. The summed E-state index contributed by atoms with van der Waals surface area (Å²) in [5.74, 6) is 0. The molecule has 0 radical (unpaired) electrons. The van der Waals surface area contributed by atoms with Gasteiger partial charge in [0.25, 0.3) is 0 Å². The van der Waals surface area contributed by atoms with Crippen molar-refractivity contribution < 1.29 is 4.42 Å². The van der Waals surface area contributed by atoms with Crippen molar-refractivity contribution in [1.82, 2.24) is 14.8 Å². The third-order valence-corrected chi connectivity index (χ3v) is 2.89. The molecule has 0 fully saturated rings. The summed E-state index contributed by atoms with van der Waals surface area (Å²) >= 11 is 9.73. The maximum atomic E-state index is 5.11. The molecule has 2 rings (SSSR count). The van der Waals surface area contributed by atoms with Crippen LogP contribution in [-0.2, 0) is 6.54 Å². The molecule has 0 N–H and O–H groups in total. The number of hydrogen-bond acceptors (Lipinski definition) is 3. The molecule has 2 aromatic heterocycles. The average Bonchev–Trinajstić information content (AvgIpc) is 2.61. The summed E-state index contributed by atoms with van der Waals surface area (Å²) in [6.45, 7) is 0.619. The summed E-state index contributed by atoms with van der Waals surface area (Å²) in [5, 5.41) is 4.13. The maximum absolute atomic E-state index is 5.11. The van der Waals surface area contributed by atoms with Crippen molar-refractivity contribution >= 4 is 47.8 Å². The summed E-state index contributed by atoms with van der Waals surface area (Å²) in [4.78, 5) is 4.06. The minimum atomic E-state index is 0.562. The number of aromatic nitrogens is 3. The topological polar surface area (TPSA) is 43.9 Å². The zero-order valence-corrected chi connectivity index (χ0v) is 11.5. The Morgan fingerprint density at radius 3 is 2.64 bits per heavy atom. The number of nitrogens with zero attached hydrogens (tertiary/aromatic N) is 3. The van der Waals surface area contributed by atoms with Crippen LogP contribution in [0.25, 0.3) is 0 Å².